The van der Waals surface area contributed by atoms with Gasteiger partial charge in [-0.15, -0.1) is 0 Å². The van der Waals surface area contributed by atoms with Gasteiger partial charge in [-0.1, -0.05) is 30.3 Å². The predicted octanol–water partition coefficient (Wildman–Crippen LogP) is 2.01. The predicted molar refractivity (Wildman–Crippen MR) is 124 cm³/mol. The Morgan fingerprint density at radius 3 is 2.61 bits per heavy atom. The molecule has 0 aliphatic carbocycles. The maximum Gasteiger partial charge on any atom is 0.255 e. The second-order valence-electron chi connectivity index (χ2n) is 8.30. The average molecular weight is 443 g/mol. The number of hydrogen-bond acceptors (Lipinski definition) is 7. The molecule has 33 heavy (non-hydrogen) atoms. The van der Waals surface area contributed by atoms with Crippen LogP contribution in [0.25, 0.3) is 0 Å². The number of nitriles is 1. The quantitative estimate of drug-likeness (QED) is 0.620. The van der Waals surface area contributed by atoms with E-state index in [0.29, 0.717) is 36.4 Å². The van der Waals surface area contributed by atoms with Gasteiger partial charge in [-0.3, -0.25) is 19.7 Å². The van der Waals surface area contributed by atoms with Crippen LogP contribution >= 0.6 is 0 Å². The van der Waals surface area contributed by atoms with Crippen molar-refractivity contribution in [3.63, 3.8) is 0 Å². The van der Waals surface area contributed by atoms with Gasteiger partial charge in [0.15, 0.2) is 0 Å². The number of amides is 1. The number of nitrogens with two attached hydrogens (primary N) is 1. The van der Waals surface area contributed by atoms with Gasteiger partial charge in [0.2, 0.25) is 0 Å². The lowest BCUT2D eigenvalue weighted by Crippen LogP contribution is -2.62. The number of piperazine rings is 1. The first-order chi connectivity index (χ1) is 16.0. The molecule has 1 aromatic carbocycles. The Bertz CT molecular complexity index is 1180. The molecule has 168 valence electrons. The normalized spacial score (nSPS) is 18.3. The molecule has 1 aliphatic rings. The Morgan fingerprint density at radius 2 is 1.91 bits per heavy atom. The highest BCUT2D eigenvalue weighted by Crippen LogP contribution is 2.38. The maximum atomic E-state index is 13.1. The summed E-state index contributed by atoms with van der Waals surface area (Å²) in [5.41, 5.74) is 8.33. The van der Waals surface area contributed by atoms with Crippen LogP contribution in [0.1, 0.15) is 34.0 Å². The molecular weight excluding hydrogens is 416 g/mol. The van der Waals surface area contributed by atoms with E-state index in [1.807, 2.05) is 36.4 Å². The first kappa shape index (κ1) is 22.4. The topological polar surface area (TPSA) is 119 Å². The van der Waals surface area contributed by atoms with E-state index >= 15 is 0 Å². The van der Waals surface area contributed by atoms with Crippen molar-refractivity contribution in [2.45, 2.75) is 18.5 Å². The lowest BCUT2D eigenvalue weighted by molar-refractivity contribution is -0.0102. The van der Waals surface area contributed by atoms with E-state index in [2.05, 4.69) is 27.9 Å². The van der Waals surface area contributed by atoms with Gasteiger partial charge in [-0.2, -0.15) is 5.26 Å². The van der Waals surface area contributed by atoms with Gasteiger partial charge in [0.05, 0.1) is 35.0 Å². The number of rotatable bonds is 5. The Labute approximate surface area is 192 Å². The summed E-state index contributed by atoms with van der Waals surface area (Å²) in [5.74, 6) is -0.164. The molecule has 1 fully saturated rings. The molecule has 2 aromatic heterocycles. The van der Waals surface area contributed by atoms with Crippen molar-refractivity contribution in [2.24, 2.45) is 0 Å². The summed E-state index contributed by atoms with van der Waals surface area (Å²) in [4.78, 5) is 25.3. The fourth-order valence-electron chi connectivity index (χ4n) is 4.57. The number of pyridine rings is 2. The summed E-state index contributed by atoms with van der Waals surface area (Å²) in [6, 6.07) is 15.2. The van der Waals surface area contributed by atoms with E-state index in [1.165, 1.54) is 18.6 Å². The third-order valence-electron chi connectivity index (χ3n) is 6.33. The summed E-state index contributed by atoms with van der Waals surface area (Å²) >= 11 is 0. The number of nitrogen functional groups attached to an aromatic ring is 1. The van der Waals surface area contributed by atoms with E-state index in [9.17, 15) is 15.2 Å². The van der Waals surface area contributed by atoms with Crippen LogP contribution in [0.5, 0.6) is 0 Å². The summed E-state index contributed by atoms with van der Waals surface area (Å²) in [7, 11) is 0. The molecule has 3 N–H and O–H groups in total. The van der Waals surface area contributed by atoms with Crippen LogP contribution in [0, 0.1) is 11.3 Å². The third kappa shape index (κ3) is 4.29. The van der Waals surface area contributed by atoms with E-state index < -0.39 is 5.54 Å². The van der Waals surface area contributed by atoms with Crippen LogP contribution in [-0.2, 0) is 5.54 Å². The number of carbonyl (C=O) groups excluding carboxylic acids is 1. The van der Waals surface area contributed by atoms with Crippen LogP contribution in [0.15, 0.2) is 67.3 Å². The Kier molecular flexibility index (Phi) is 6.36. The Morgan fingerprint density at radius 1 is 1.15 bits per heavy atom. The Hall–Kier alpha value is -3.80. The van der Waals surface area contributed by atoms with Crippen LogP contribution in [0.2, 0.25) is 0 Å². The second-order valence-corrected chi connectivity index (χ2v) is 8.30. The molecule has 0 unspecified atom stereocenters. The first-order valence-corrected chi connectivity index (χ1v) is 10.8. The lowest BCUT2D eigenvalue weighted by Gasteiger charge is -2.50. The maximum absolute atomic E-state index is 13.1. The number of benzene rings is 1. The fourth-order valence-corrected chi connectivity index (χ4v) is 4.57. The molecule has 0 spiro atoms. The van der Waals surface area contributed by atoms with Gasteiger partial charge >= 0.3 is 0 Å². The number of carbonyl (C=O) groups is 1. The van der Waals surface area contributed by atoms with Crippen LogP contribution in [0.3, 0.4) is 0 Å². The molecule has 1 saturated heterocycles. The average Bonchev–Trinajstić information content (AvgIpc) is 2.88. The molecule has 2 atom stereocenters. The molecule has 3 heterocycles. The van der Waals surface area contributed by atoms with Gasteiger partial charge in [0.25, 0.3) is 5.91 Å². The zero-order valence-corrected chi connectivity index (χ0v) is 18.4. The SMILES string of the molecule is C[C@@](c1ccccc1)(c1cncc(C#N)c1)N1CCN(C(=O)c2cncc(N)c2)C[C@H]1CO. The zero-order chi connectivity index (χ0) is 23.4. The molecule has 0 saturated carbocycles. The minimum absolute atomic E-state index is 0.132. The van der Waals surface area contributed by atoms with E-state index in [4.69, 9.17) is 5.73 Å². The summed E-state index contributed by atoms with van der Waals surface area (Å²) in [6.07, 6.45) is 6.30. The van der Waals surface area contributed by atoms with E-state index in [-0.39, 0.29) is 18.6 Å². The minimum Gasteiger partial charge on any atom is -0.397 e. The number of aliphatic hydroxyl groups excluding tert-OH is 1. The van der Waals surface area contributed by atoms with Crippen LogP contribution < -0.4 is 5.73 Å². The van der Waals surface area contributed by atoms with Crippen molar-refractivity contribution < 1.29 is 9.90 Å². The summed E-state index contributed by atoms with van der Waals surface area (Å²) < 4.78 is 0. The van der Waals surface area contributed by atoms with Crippen LogP contribution in [0.4, 0.5) is 5.69 Å². The van der Waals surface area contributed by atoms with E-state index in [0.717, 1.165) is 11.1 Å². The molecule has 8 heteroatoms. The van der Waals surface area contributed by atoms with Crippen molar-refractivity contribution in [3.05, 3.63) is 89.5 Å². The van der Waals surface area contributed by atoms with Gasteiger partial charge in [0.1, 0.15) is 6.07 Å². The number of hydrogen-bond donors (Lipinski definition) is 2. The highest BCUT2D eigenvalue weighted by molar-refractivity contribution is 5.94. The third-order valence-corrected chi connectivity index (χ3v) is 6.33. The van der Waals surface area contributed by atoms with Gasteiger partial charge in [0, 0.05) is 44.4 Å². The van der Waals surface area contributed by atoms with Crippen molar-refractivity contribution >= 4 is 11.6 Å². The fraction of sp³-hybridized carbons (Fsp3) is 0.280. The number of anilines is 1. The molecule has 0 radical (unpaired) electrons. The van der Waals surface area contributed by atoms with Crippen molar-refractivity contribution in [2.75, 3.05) is 32.0 Å². The highest BCUT2D eigenvalue weighted by Gasteiger charge is 2.43. The minimum atomic E-state index is -0.664. The lowest BCUT2D eigenvalue weighted by atomic mass is 9.81. The summed E-state index contributed by atoms with van der Waals surface area (Å²) in [6.45, 7) is 3.28. The van der Waals surface area contributed by atoms with Crippen LogP contribution in [-0.4, -0.2) is 63.1 Å². The molecule has 1 aliphatic heterocycles. The molecular formula is C25H26N6O2. The summed E-state index contributed by atoms with van der Waals surface area (Å²) in [5, 5.41) is 19.8. The molecule has 3 aromatic rings. The highest BCUT2D eigenvalue weighted by atomic mass is 16.3. The van der Waals surface area contributed by atoms with E-state index in [1.54, 1.807) is 17.2 Å². The number of nitrogens with zero attached hydrogens (tertiary/aromatic N) is 5. The van der Waals surface area contributed by atoms with Gasteiger partial charge < -0.3 is 15.7 Å². The monoisotopic (exact) mass is 442 g/mol. The van der Waals surface area contributed by atoms with Gasteiger partial charge in [-0.05, 0) is 30.2 Å². The molecule has 8 nitrogen and oxygen atoms in total. The smallest absolute Gasteiger partial charge is 0.255 e. The molecule has 0 bridgehead atoms. The Balaban J connectivity index is 1.70. The largest absolute Gasteiger partial charge is 0.397 e. The second kappa shape index (κ2) is 9.36. The van der Waals surface area contributed by atoms with Crippen molar-refractivity contribution in [3.8, 4) is 6.07 Å². The van der Waals surface area contributed by atoms with Crippen molar-refractivity contribution in [1.82, 2.24) is 19.8 Å². The molecule has 1 amide bonds. The standard InChI is InChI=1S/C25H26N6O2/c1-25(20-5-3-2-4-6-20,21-9-18(11-26)12-28-14-21)31-8-7-30(16-23(31)17-32)24(33)19-10-22(27)15-29-13-19/h2-6,9-10,12-15,23,32H,7-8,16-17,27H2,1H3/t23-,25+/m0/s1. The van der Waals surface area contributed by atoms with Gasteiger partial charge in [-0.25, -0.2) is 0 Å². The first-order valence-electron chi connectivity index (χ1n) is 10.8. The number of aliphatic hydroxyl groups is 1. The molecule has 4 rings (SSSR count). The zero-order valence-electron chi connectivity index (χ0n) is 18.4. The van der Waals surface area contributed by atoms with Crippen molar-refractivity contribution in [1.29, 1.82) is 5.26 Å². The number of aromatic nitrogens is 2.